The highest BCUT2D eigenvalue weighted by Crippen LogP contribution is 2.31. The van der Waals surface area contributed by atoms with Gasteiger partial charge in [-0.15, -0.1) is 11.3 Å². The van der Waals surface area contributed by atoms with Crippen LogP contribution in [-0.4, -0.2) is 10.5 Å². The molecule has 1 aromatic rings. The van der Waals surface area contributed by atoms with E-state index >= 15 is 0 Å². The molecule has 0 amide bonds. The molecule has 0 radical (unpaired) electrons. The van der Waals surface area contributed by atoms with Gasteiger partial charge in [-0.25, -0.2) is 4.98 Å². The molecule has 0 aliphatic rings. The third-order valence-corrected chi connectivity index (χ3v) is 3.36. The van der Waals surface area contributed by atoms with Gasteiger partial charge in [0.2, 0.25) is 0 Å². The van der Waals surface area contributed by atoms with Gasteiger partial charge in [-0.3, -0.25) is 0 Å². The molecule has 0 aromatic carbocycles. The molecule has 1 heterocycles. The molecule has 0 fully saturated rings. The van der Waals surface area contributed by atoms with E-state index < -0.39 is 0 Å². The van der Waals surface area contributed by atoms with Crippen LogP contribution in [0.3, 0.4) is 0 Å². The van der Waals surface area contributed by atoms with Crippen LogP contribution in [0.25, 0.3) is 0 Å². The molecule has 1 rings (SSSR count). The van der Waals surface area contributed by atoms with Crippen LogP contribution in [0, 0.1) is 5.41 Å². The Kier molecular flexibility index (Phi) is 3.82. The van der Waals surface area contributed by atoms with Gasteiger partial charge in [0, 0.05) is 10.9 Å². The van der Waals surface area contributed by atoms with Crippen molar-refractivity contribution < 1.29 is 0 Å². The van der Waals surface area contributed by atoms with Gasteiger partial charge >= 0.3 is 0 Å². The Morgan fingerprint density at radius 1 is 1.33 bits per heavy atom. The van der Waals surface area contributed by atoms with Crippen LogP contribution < -0.4 is 5.32 Å². The van der Waals surface area contributed by atoms with Gasteiger partial charge in [-0.2, -0.15) is 0 Å². The van der Waals surface area contributed by atoms with E-state index in [-0.39, 0.29) is 5.54 Å². The smallest absolute Gasteiger partial charge is 0.184 e. The number of aromatic nitrogens is 1. The van der Waals surface area contributed by atoms with E-state index in [1.165, 1.54) is 0 Å². The van der Waals surface area contributed by atoms with Gasteiger partial charge in [-0.05, 0) is 41.6 Å². The van der Waals surface area contributed by atoms with Crippen molar-refractivity contribution in [3.05, 3.63) is 9.98 Å². The summed E-state index contributed by atoms with van der Waals surface area (Å²) in [6, 6.07) is 0. The maximum Gasteiger partial charge on any atom is 0.184 e. The van der Waals surface area contributed by atoms with Crippen LogP contribution in [-0.2, 0) is 0 Å². The normalized spacial score (nSPS) is 12.9. The summed E-state index contributed by atoms with van der Waals surface area (Å²) in [4.78, 5) is 4.35. The van der Waals surface area contributed by atoms with Gasteiger partial charge in [0.15, 0.2) is 5.13 Å². The van der Waals surface area contributed by atoms with Crippen molar-refractivity contribution >= 4 is 32.4 Å². The van der Waals surface area contributed by atoms with E-state index in [2.05, 4.69) is 60.8 Å². The molecule has 0 aliphatic heterocycles. The van der Waals surface area contributed by atoms with Gasteiger partial charge in [-0.1, -0.05) is 20.8 Å². The number of halogens is 1. The standard InChI is InChI=1S/C11H19BrN2S/c1-10(2,3)7-11(4,5)14-9-13-8(12)6-15-9/h6H,7H2,1-5H3,(H,13,14). The van der Waals surface area contributed by atoms with E-state index in [4.69, 9.17) is 0 Å². The van der Waals surface area contributed by atoms with Crippen molar-refractivity contribution in [2.24, 2.45) is 5.41 Å². The number of anilines is 1. The lowest BCUT2D eigenvalue weighted by molar-refractivity contribution is 0.302. The molecule has 0 saturated heterocycles. The fourth-order valence-corrected chi connectivity index (χ4v) is 3.29. The van der Waals surface area contributed by atoms with Crippen molar-refractivity contribution in [2.45, 2.75) is 46.6 Å². The molecule has 0 atom stereocenters. The number of nitrogens with zero attached hydrogens (tertiary/aromatic N) is 1. The van der Waals surface area contributed by atoms with Crippen LogP contribution >= 0.6 is 27.3 Å². The molecular weight excluding hydrogens is 272 g/mol. The van der Waals surface area contributed by atoms with Gasteiger partial charge in [0.05, 0.1) is 0 Å². The van der Waals surface area contributed by atoms with Crippen molar-refractivity contribution in [3.63, 3.8) is 0 Å². The van der Waals surface area contributed by atoms with Crippen LogP contribution in [0.2, 0.25) is 0 Å². The highest BCUT2D eigenvalue weighted by Gasteiger charge is 2.25. The molecule has 0 saturated carbocycles. The monoisotopic (exact) mass is 290 g/mol. The lowest BCUT2D eigenvalue weighted by atomic mass is 9.82. The van der Waals surface area contributed by atoms with Crippen LogP contribution in [0.4, 0.5) is 5.13 Å². The molecule has 0 spiro atoms. The molecule has 1 N–H and O–H groups in total. The van der Waals surface area contributed by atoms with E-state index in [0.717, 1.165) is 16.2 Å². The zero-order chi connectivity index (χ0) is 11.7. The second kappa shape index (κ2) is 4.42. The summed E-state index contributed by atoms with van der Waals surface area (Å²) < 4.78 is 0.904. The molecular formula is C11H19BrN2S. The second-order valence-corrected chi connectivity index (χ2v) is 7.39. The van der Waals surface area contributed by atoms with Gasteiger partial charge in [0.1, 0.15) is 4.60 Å². The topological polar surface area (TPSA) is 24.9 Å². The largest absolute Gasteiger partial charge is 0.357 e. The summed E-state index contributed by atoms with van der Waals surface area (Å²) in [7, 11) is 0. The average Bonchev–Trinajstić information content (AvgIpc) is 2.27. The lowest BCUT2D eigenvalue weighted by Gasteiger charge is -2.33. The Morgan fingerprint density at radius 2 is 1.93 bits per heavy atom. The maximum atomic E-state index is 4.35. The highest BCUT2D eigenvalue weighted by molar-refractivity contribution is 9.10. The molecule has 2 nitrogen and oxygen atoms in total. The molecule has 1 aromatic heterocycles. The first kappa shape index (κ1) is 13.0. The Labute approximate surface area is 105 Å². The third kappa shape index (κ3) is 4.98. The lowest BCUT2D eigenvalue weighted by Crippen LogP contribution is -2.35. The fraction of sp³-hybridized carbons (Fsp3) is 0.727. The van der Waals surface area contributed by atoms with E-state index in [1.807, 2.05) is 5.38 Å². The Balaban J connectivity index is 2.64. The third-order valence-electron chi connectivity index (χ3n) is 1.89. The first-order chi connectivity index (χ1) is 6.68. The quantitative estimate of drug-likeness (QED) is 0.884. The number of thiazole rings is 1. The first-order valence-electron chi connectivity index (χ1n) is 5.07. The predicted molar refractivity (Wildman–Crippen MR) is 71.6 cm³/mol. The van der Waals surface area contributed by atoms with E-state index in [1.54, 1.807) is 11.3 Å². The molecule has 86 valence electrons. The van der Waals surface area contributed by atoms with Gasteiger partial charge < -0.3 is 5.32 Å². The molecule has 0 bridgehead atoms. The van der Waals surface area contributed by atoms with E-state index in [0.29, 0.717) is 5.41 Å². The number of hydrogen-bond donors (Lipinski definition) is 1. The molecule has 4 heteroatoms. The van der Waals surface area contributed by atoms with Crippen LogP contribution in [0.5, 0.6) is 0 Å². The minimum Gasteiger partial charge on any atom is -0.357 e. The summed E-state index contributed by atoms with van der Waals surface area (Å²) >= 11 is 4.99. The van der Waals surface area contributed by atoms with E-state index in [9.17, 15) is 0 Å². The summed E-state index contributed by atoms with van der Waals surface area (Å²) in [6.07, 6.45) is 1.11. The fourth-order valence-electron chi connectivity index (χ4n) is 1.97. The Hall–Kier alpha value is -0.0900. The summed E-state index contributed by atoms with van der Waals surface area (Å²) in [5, 5.41) is 6.45. The average molecular weight is 291 g/mol. The maximum absolute atomic E-state index is 4.35. The number of nitrogens with one attached hydrogen (secondary N) is 1. The van der Waals surface area contributed by atoms with Crippen LogP contribution in [0.15, 0.2) is 9.98 Å². The number of hydrogen-bond acceptors (Lipinski definition) is 3. The van der Waals surface area contributed by atoms with Crippen molar-refractivity contribution in [3.8, 4) is 0 Å². The Morgan fingerprint density at radius 3 is 2.33 bits per heavy atom. The summed E-state index contributed by atoms with van der Waals surface area (Å²) in [6.45, 7) is 11.2. The zero-order valence-corrected chi connectivity index (χ0v) is 12.4. The molecule has 0 aliphatic carbocycles. The highest BCUT2D eigenvalue weighted by atomic mass is 79.9. The van der Waals surface area contributed by atoms with Crippen molar-refractivity contribution in [1.82, 2.24) is 4.98 Å². The molecule has 0 unspecified atom stereocenters. The molecule has 15 heavy (non-hydrogen) atoms. The van der Waals surface area contributed by atoms with Crippen molar-refractivity contribution in [2.75, 3.05) is 5.32 Å². The summed E-state index contributed by atoms with van der Waals surface area (Å²) in [5.41, 5.74) is 0.403. The van der Waals surface area contributed by atoms with Gasteiger partial charge in [0.25, 0.3) is 0 Å². The minimum absolute atomic E-state index is 0.0789. The summed E-state index contributed by atoms with van der Waals surface area (Å²) in [5.74, 6) is 0. The Bertz CT molecular complexity index is 326. The predicted octanol–water partition coefficient (Wildman–Crippen LogP) is 4.53. The number of rotatable bonds is 3. The zero-order valence-electron chi connectivity index (χ0n) is 10.0. The SMILES string of the molecule is CC(C)(C)CC(C)(C)Nc1nc(Br)cs1. The van der Waals surface area contributed by atoms with Crippen LogP contribution in [0.1, 0.15) is 41.0 Å². The van der Waals surface area contributed by atoms with Crippen molar-refractivity contribution in [1.29, 1.82) is 0 Å². The minimum atomic E-state index is 0.0789. The second-order valence-electron chi connectivity index (χ2n) is 5.72. The first-order valence-corrected chi connectivity index (χ1v) is 6.74.